The van der Waals surface area contributed by atoms with E-state index >= 15 is 0 Å². The fraction of sp³-hybridized carbons (Fsp3) is 0.526. The number of ether oxygens (including phenoxy) is 2. The first kappa shape index (κ1) is 19.0. The second kappa shape index (κ2) is 8.29. The molecule has 1 N–H and O–H groups in total. The average Bonchev–Trinajstić information content (AvgIpc) is 3.17. The van der Waals surface area contributed by atoms with Gasteiger partial charge in [0.1, 0.15) is 6.61 Å². The van der Waals surface area contributed by atoms with Crippen molar-refractivity contribution in [3.05, 3.63) is 29.3 Å². The zero-order valence-electron chi connectivity index (χ0n) is 15.1. The van der Waals surface area contributed by atoms with Crippen molar-refractivity contribution in [3.63, 3.8) is 0 Å². The van der Waals surface area contributed by atoms with Crippen LogP contribution in [0.15, 0.2) is 23.8 Å². The Bertz CT molecular complexity index is 689. The standard InChI is InChI=1S/C19H25N3O3.ClH/c1-24-17-4-2-3-14-11-15(13-25-18(14)17)19(23)22-8-5-16(12-22)21-9-6-20-7-10-21;/h2-4,11,16,20H,5-10,12-13H2,1H3;1H. The van der Waals surface area contributed by atoms with Crippen LogP contribution in [0.1, 0.15) is 12.0 Å². The van der Waals surface area contributed by atoms with Crippen molar-refractivity contribution >= 4 is 24.4 Å². The number of methoxy groups -OCH3 is 1. The minimum absolute atomic E-state index is 0. The van der Waals surface area contributed by atoms with Crippen LogP contribution in [0.3, 0.4) is 0 Å². The molecule has 3 aliphatic rings. The first-order chi connectivity index (χ1) is 12.3. The number of hydrogen-bond acceptors (Lipinski definition) is 5. The monoisotopic (exact) mass is 379 g/mol. The van der Waals surface area contributed by atoms with Gasteiger partial charge in [-0.2, -0.15) is 0 Å². The molecule has 0 bridgehead atoms. The second-order valence-electron chi connectivity index (χ2n) is 6.82. The van der Waals surface area contributed by atoms with Crippen LogP contribution >= 0.6 is 12.4 Å². The number of carbonyl (C=O) groups excluding carboxylic acids is 1. The normalized spacial score (nSPS) is 22.7. The number of nitrogens with one attached hydrogen (secondary N) is 1. The van der Waals surface area contributed by atoms with Crippen molar-refractivity contribution in [1.82, 2.24) is 15.1 Å². The van der Waals surface area contributed by atoms with Crippen molar-refractivity contribution in [1.29, 1.82) is 0 Å². The summed E-state index contributed by atoms with van der Waals surface area (Å²) in [6.07, 6.45) is 3.01. The van der Waals surface area contributed by atoms with E-state index in [0.29, 0.717) is 18.4 Å². The molecule has 2 fully saturated rings. The van der Waals surface area contributed by atoms with E-state index in [1.54, 1.807) is 7.11 Å². The predicted octanol–water partition coefficient (Wildman–Crippen LogP) is 1.40. The van der Waals surface area contributed by atoms with Gasteiger partial charge in [-0.25, -0.2) is 0 Å². The number of piperazine rings is 1. The average molecular weight is 380 g/mol. The highest BCUT2D eigenvalue weighted by atomic mass is 35.5. The van der Waals surface area contributed by atoms with Gasteiger partial charge in [0.25, 0.3) is 5.91 Å². The van der Waals surface area contributed by atoms with E-state index in [4.69, 9.17) is 9.47 Å². The Morgan fingerprint density at radius 1 is 1.27 bits per heavy atom. The van der Waals surface area contributed by atoms with Crippen molar-refractivity contribution < 1.29 is 14.3 Å². The summed E-state index contributed by atoms with van der Waals surface area (Å²) in [5.41, 5.74) is 1.63. The van der Waals surface area contributed by atoms with Crippen LogP contribution in [0, 0.1) is 0 Å². The molecule has 4 rings (SSSR count). The van der Waals surface area contributed by atoms with Gasteiger partial charge in [0.05, 0.1) is 12.7 Å². The van der Waals surface area contributed by atoms with Gasteiger partial charge in [-0.1, -0.05) is 12.1 Å². The summed E-state index contributed by atoms with van der Waals surface area (Å²) >= 11 is 0. The predicted molar refractivity (Wildman–Crippen MR) is 103 cm³/mol. The lowest BCUT2D eigenvalue weighted by Crippen LogP contribution is -2.49. The molecule has 0 aliphatic carbocycles. The minimum Gasteiger partial charge on any atom is -0.493 e. The molecule has 142 valence electrons. The number of fused-ring (bicyclic) bond motifs is 1. The molecular weight excluding hydrogens is 354 g/mol. The van der Waals surface area contributed by atoms with E-state index in [1.807, 2.05) is 29.2 Å². The van der Waals surface area contributed by atoms with Crippen LogP contribution in [0.4, 0.5) is 0 Å². The number of amides is 1. The lowest BCUT2D eigenvalue weighted by Gasteiger charge is -2.32. The molecule has 7 heteroatoms. The number of para-hydroxylation sites is 1. The molecule has 6 nitrogen and oxygen atoms in total. The van der Waals surface area contributed by atoms with Gasteiger partial charge in [-0.05, 0) is 18.6 Å². The van der Waals surface area contributed by atoms with Gasteiger partial charge in [0.2, 0.25) is 0 Å². The van der Waals surface area contributed by atoms with Crippen LogP contribution in [-0.2, 0) is 4.79 Å². The van der Waals surface area contributed by atoms with E-state index in [2.05, 4.69) is 10.2 Å². The van der Waals surface area contributed by atoms with Crippen LogP contribution in [0.2, 0.25) is 0 Å². The molecule has 1 amide bonds. The maximum absolute atomic E-state index is 12.9. The molecule has 2 saturated heterocycles. The third-order valence-corrected chi connectivity index (χ3v) is 5.32. The number of likely N-dealkylation sites (tertiary alicyclic amines) is 1. The lowest BCUT2D eigenvalue weighted by atomic mass is 10.1. The summed E-state index contributed by atoms with van der Waals surface area (Å²) in [6, 6.07) is 6.24. The summed E-state index contributed by atoms with van der Waals surface area (Å²) < 4.78 is 11.2. The van der Waals surface area contributed by atoms with Crippen LogP contribution in [0.25, 0.3) is 6.08 Å². The zero-order valence-corrected chi connectivity index (χ0v) is 15.9. The van der Waals surface area contributed by atoms with Crippen LogP contribution < -0.4 is 14.8 Å². The molecule has 1 aromatic carbocycles. The van der Waals surface area contributed by atoms with Crippen molar-refractivity contribution in [2.24, 2.45) is 0 Å². The highest BCUT2D eigenvalue weighted by Crippen LogP contribution is 2.36. The van der Waals surface area contributed by atoms with Crippen LogP contribution in [0.5, 0.6) is 11.5 Å². The maximum Gasteiger partial charge on any atom is 0.253 e. The van der Waals surface area contributed by atoms with Crippen molar-refractivity contribution in [2.45, 2.75) is 12.5 Å². The first-order valence-corrected chi connectivity index (χ1v) is 9.00. The molecule has 0 spiro atoms. The number of benzene rings is 1. The Hall–Kier alpha value is -1.76. The Morgan fingerprint density at radius 2 is 2.08 bits per heavy atom. The Labute approximate surface area is 160 Å². The van der Waals surface area contributed by atoms with Gasteiger partial charge in [-0.3, -0.25) is 9.69 Å². The summed E-state index contributed by atoms with van der Waals surface area (Å²) in [4.78, 5) is 17.4. The van der Waals surface area contributed by atoms with Gasteiger partial charge < -0.3 is 19.7 Å². The van der Waals surface area contributed by atoms with E-state index in [9.17, 15) is 4.79 Å². The largest absolute Gasteiger partial charge is 0.493 e. The van der Waals surface area contributed by atoms with E-state index in [0.717, 1.165) is 62.6 Å². The quantitative estimate of drug-likeness (QED) is 0.860. The zero-order chi connectivity index (χ0) is 17.2. The molecule has 1 aromatic rings. The smallest absolute Gasteiger partial charge is 0.253 e. The van der Waals surface area contributed by atoms with Crippen LogP contribution in [-0.4, -0.2) is 74.7 Å². The number of halogens is 1. The van der Waals surface area contributed by atoms with E-state index in [1.165, 1.54) is 0 Å². The van der Waals surface area contributed by atoms with Crippen molar-refractivity contribution in [2.75, 3.05) is 53.0 Å². The topological polar surface area (TPSA) is 54.0 Å². The molecular formula is C19H26ClN3O3. The molecule has 0 radical (unpaired) electrons. The summed E-state index contributed by atoms with van der Waals surface area (Å²) in [5, 5.41) is 3.38. The van der Waals surface area contributed by atoms with Gasteiger partial charge >= 0.3 is 0 Å². The third-order valence-electron chi connectivity index (χ3n) is 5.32. The molecule has 3 heterocycles. The fourth-order valence-electron chi connectivity index (χ4n) is 3.94. The summed E-state index contributed by atoms with van der Waals surface area (Å²) in [5.74, 6) is 1.54. The van der Waals surface area contributed by atoms with Gasteiger partial charge in [-0.15, -0.1) is 12.4 Å². The number of hydrogen-bond donors (Lipinski definition) is 1. The van der Waals surface area contributed by atoms with E-state index < -0.39 is 0 Å². The fourth-order valence-corrected chi connectivity index (χ4v) is 3.94. The molecule has 1 atom stereocenters. The molecule has 3 aliphatic heterocycles. The highest BCUT2D eigenvalue weighted by molar-refractivity contribution is 5.99. The number of rotatable bonds is 3. The minimum atomic E-state index is 0. The molecule has 0 saturated carbocycles. The Kier molecular flexibility index (Phi) is 6.06. The van der Waals surface area contributed by atoms with Gasteiger partial charge in [0.15, 0.2) is 11.5 Å². The van der Waals surface area contributed by atoms with E-state index in [-0.39, 0.29) is 18.3 Å². The SMILES string of the molecule is COc1cccc2c1OCC(C(=O)N1CCC(N3CCNCC3)C1)=C2.Cl. The highest BCUT2D eigenvalue weighted by Gasteiger charge is 2.33. The number of nitrogens with zero attached hydrogens (tertiary/aromatic N) is 2. The number of carbonyl (C=O) groups is 1. The first-order valence-electron chi connectivity index (χ1n) is 9.00. The summed E-state index contributed by atoms with van der Waals surface area (Å²) in [7, 11) is 1.63. The Balaban J connectivity index is 0.00000196. The van der Waals surface area contributed by atoms with Crippen molar-refractivity contribution in [3.8, 4) is 11.5 Å². The molecule has 0 aromatic heterocycles. The second-order valence-corrected chi connectivity index (χ2v) is 6.82. The maximum atomic E-state index is 12.9. The van der Waals surface area contributed by atoms with Gasteiger partial charge in [0, 0.05) is 50.9 Å². The molecule has 26 heavy (non-hydrogen) atoms. The lowest BCUT2D eigenvalue weighted by molar-refractivity contribution is -0.126. The summed E-state index contributed by atoms with van der Waals surface area (Å²) in [6.45, 7) is 6.19. The Morgan fingerprint density at radius 3 is 2.85 bits per heavy atom. The molecule has 1 unspecified atom stereocenters. The third kappa shape index (κ3) is 3.68.